The van der Waals surface area contributed by atoms with Crippen LogP contribution in [0.15, 0.2) is 24.3 Å². The highest BCUT2D eigenvalue weighted by Gasteiger charge is 2.31. The van der Waals surface area contributed by atoms with E-state index >= 15 is 0 Å². The molecule has 74 valence electrons. The van der Waals surface area contributed by atoms with Crippen molar-refractivity contribution in [1.29, 1.82) is 0 Å². The normalized spacial score (nSPS) is 12.9. The summed E-state index contributed by atoms with van der Waals surface area (Å²) in [5, 5.41) is 17.7. The minimum atomic E-state index is -4.53. The van der Waals surface area contributed by atoms with Crippen LogP contribution in [-0.2, 0) is 11.9 Å². The fourth-order valence-electron chi connectivity index (χ4n) is 0.924. The topological polar surface area (TPSA) is 40.5 Å². The highest BCUT2D eigenvalue weighted by molar-refractivity contribution is 6.13. The Morgan fingerprint density at radius 2 is 1.57 bits per heavy atom. The fraction of sp³-hybridized carbons (Fsp3) is 0.250. The van der Waals surface area contributed by atoms with Gasteiger partial charge in [0.05, 0.1) is 5.56 Å². The first-order valence-corrected chi connectivity index (χ1v) is 3.62. The molecule has 0 fully saturated rings. The summed E-state index contributed by atoms with van der Waals surface area (Å²) in [4.78, 5) is 0. The molecule has 14 heavy (non-hydrogen) atoms. The van der Waals surface area contributed by atoms with E-state index in [0.29, 0.717) is 6.07 Å². The number of hydrogen-bond acceptors (Lipinski definition) is 2. The molecule has 2 N–H and O–H groups in total. The van der Waals surface area contributed by atoms with Gasteiger partial charge in [0.25, 0.3) is 0 Å². The standard InChI is InChI=1S/C8H6BF3O2/c9-7(13,14)5-2-1-3-6(4-5)8(10,11)12/h1-4,13-14H. The molecule has 0 amide bonds. The summed E-state index contributed by atoms with van der Waals surface area (Å²) in [5.41, 5.74) is -4.14. The first-order chi connectivity index (χ1) is 6.21. The molecule has 6 heteroatoms. The average molecular weight is 202 g/mol. The van der Waals surface area contributed by atoms with Crippen molar-refractivity contribution < 1.29 is 23.4 Å². The first-order valence-electron chi connectivity index (χ1n) is 3.62. The van der Waals surface area contributed by atoms with Gasteiger partial charge in [-0.25, -0.2) is 0 Å². The Morgan fingerprint density at radius 3 is 2.00 bits per heavy atom. The molecular weight excluding hydrogens is 196 g/mol. The lowest BCUT2D eigenvalue weighted by atomic mass is 9.87. The second kappa shape index (κ2) is 3.29. The molecule has 2 nitrogen and oxygen atoms in total. The number of hydrogen-bond donors (Lipinski definition) is 2. The molecule has 1 rings (SSSR count). The van der Waals surface area contributed by atoms with Crippen molar-refractivity contribution in [2.24, 2.45) is 0 Å². The third kappa shape index (κ3) is 2.49. The summed E-state index contributed by atoms with van der Waals surface area (Å²) in [6, 6.07) is 3.54. The molecule has 0 aliphatic rings. The molecule has 0 unspecified atom stereocenters. The average Bonchev–Trinajstić information content (AvgIpc) is 2.01. The van der Waals surface area contributed by atoms with E-state index in [2.05, 4.69) is 0 Å². The molecule has 1 aromatic rings. The second-order valence-corrected chi connectivity index (χ2v) is 2.80. The Bertz CT molecular complexity index is 301. The van der Waals surface area contributed by atoms with Gasteiger partial charge >= 0.3 is 6.18 Å². The molecule has 0 aliphatic carbocycles. The number of benzene rings is 1. The molecule has 0 aromatic heterocycles. The van der Waals surface area contributed by atoms with Crippen molar-refractivity contribution in [2.75, 3.05) is 0 Å². The molecule has 1 aromatic carbocycles. The Morgan fingerprint density at radius 1 is 1.07 bits per heavy atom. The van der Waals surface area contributed by atoms with Crippen LogP contribution in [0.1, 0.15) is 11.1 Å². The smallest absolute Gasteiger partial charge is 0.371 e. The third-order valence-electron chi connectivity index (χ3n) is 1.61. The van der Waals surface area contributed by atoms with Crippen molar-refractivity contribution in [3.63, 3.8) is 0 Å². The SMILES string of the molecule is [B]C(O)(O)c1cccc(C(F)(F)F)c1. The van der Waals surface area contributed by atoms with E-state index < -0.39 is 23.0 Å². The highest BCUT2D eigenvalue weighted by atomic mass is 19.4. The first kappa shape index (κ1) is 11.1. The summed E-state index contributed by atoms with van der Waals surface area (Å²) in [5.74, 6) is 0. The van der Waals surface area contributed by atoms with E-state index in [-0.39, 0.29) is 0 Å². The second-order valence-electron chi connectivity index (χ2n) is 2.80. The lowest BCUT2D eigenvalue weighted by Crippen LogP contribution is -2.25. The van der Waals surface area contributed by atoms with Gasteiger partial charge in [-0.2, -0.15) is 13.2 Å². The summed E-state index contributed by atoms with van der Waals surface area (Å²) >= 11 is 0. The monoisotopic (exact) mass is 202 g/mol. The van der Waals surface area contributed by atoms with Crippen molar-refractivity contribution >= 4 is 7.85 Å². The van der Waals surface area contributed by atoms with Crippen LogP contribution in [0.3, 0.4) is 0 Å². The van der Waals surface area contributed by atoms with E-state index in [1.807, 2.05) is 0 Å². The third-order valence-corrected chi connectivity index (χ3v) is 1.61. The number of alkyl halides is 3. The van der Waals surface area contributed by atoms with Gasteiger partial charge < -0.3 is 10.2 Å². The minimum absolute atomic E-state index is 0.410. The van der Waals surface area contributed by atoms with E-state index in [1.165, 1.54) is 0 Å². The lowest BCUT2D eigenvalue weighted by molar-refractivity contribution is -0.138. The molecule has 0 saturated carbocycles. The molecule has 0 heterocycles. The summed E-state index contributed by atoms with van der Waals surface area (Å²) < 4.78 is 36.5. The fourth-order valence-corrected chi connectivity index (χ4v) is 0.924. The van der Waals surface area contributed by atoms with Gasteiger partial charge in [-0.1, -0.05) is 12.1 Å². The maximum Gasteiger partial charge on any atom is 0.416 e. The van der Waals surface area contributed by atoms with Gasteiger partial charge in [-0.05, 0) is 12.1 Å². The predicted octanol–water partition coefficient (Wildman–Crippen LogP) is 0.969. The van der Waals surface area contributed by atoms with Crippen molar-refractivity contribution in [3.8, 4) is 0 Å². The van der Waals surface area contributed by atoms with Gasteiger partial charge in [0.2, 0.25) is 0 Å². The molecule has 0 atom stereocenters. The zero-order valence-corrected chi connectivity index (χ0v) is 6.92. The maximum absolute atomic E-state index is 12.2. The van der Waals surface area contributed by atoms with Crippen molar-refractivity contribution in [1.82, 2.24) is 0 Å². The Labute approximate surface area is 79.4 Å². The van der Waals surface area contributed by atoms with E-state index in [1.54, 1.807) is 0 Å². The maximum atomic E-state index is 12.2. The van der Waals surface area contributed by atoms with Crippen LogP contribution in [0.4, 0.5) is 13.2 Å². The number of aliphatic hydroxyl groups is 2. The van der Waals surface area contributed by atoms with Crippen LogP contribution in [0.25, 0.3) is 0 Å². The van der Waals surface area contributed by atoms with Crippen LogP contribution in [-0.4, -0.2) is 18.1 Å². The van der Waals surface area contributed by atoms with Crippen molar-refractivity contribution in [2.45, 2.75) is 11.9 Å². The Kier molecular flexibility index (Phi) is 2.60. The molecule has 2 radical (unpaired) electrons. The van der Waals surface area contributed by atoms with Crippen LogP contribution in [0, 0.1) is 0 Å². The summed E-state index contributed by atoms with van der Waals surface area (Å²) in [7, 11) is 4.81. The van der Waals surface area contributed by atoms with Crippen LogP contribution >= 0.6 is 0 Å². The summed E-state index contributed by atoms with van der Waals surface area (Å²) in [6.45, 7) is 0. The van der Waals surface area contributed by atoms with Crippen LogP contribution < -0.4 is 0 Å². The Balaban J connectivity index is 3.15. The van der Waals surface area contributed by atoms with Crippen LogP contribution in [0.2, 0.25) is 0 Å². The zero-order chi connectivity index (χ0) is 11.0. The molecule has 0 aliphatic heterocycles. The van der Waals surface area contributed by atoms with E-state index in [9.17, 15) is 13.2 Å². The number of halogens is 3. The zero-order valence-electron chi connectivity index (χ0n) is 6.92. The molecule has 0 spiro atoms. The molecule has 0 saturated heterocycles. The molecular formula is C8H6BF3O2. The van der Waals surface area contributed by atoms with Gasteiger partial charge in [-0.15, -0.1) is 0 Å². The van der Waals surface area contributed by atoms with Gasteiger partial charge in [0.15, 0.2) is 7.85 Å². The van der Waals surface area contributed by atoms with E-state index in [4.69, 9.17) is 18.1 Å². The molecule has 0 bridgehead atoms. The van der Waals surface area contributed by atoms with Crippen molar-refractivity contribution in [3.05, 3.63) is 35.4 Å². The number of rotatable bonds is 1. The summed E-state index contributed by atoms with van der Waals surface area (Å²) in [6.07, 6.45) is -4.53. The largest absolute Gasteiger partial charge is 0.416 e. The van der Waals surface area contributed by atoms with Gasteiger partial charge in [0, 0.05) is 5.56 Å². The quantitative estimate of drug-likeness (QED) is 0.526. The van der Waals surface area contributed by atoms with Gasteiger partial charge in [-0.3, -0.25) is 0 Å². The van der Waals surface area contributed by atoms with Gasteiger partial charge in [0.1, 0.15) is 5.69 Å². The lowest BCUT2D eigenvalue weighted by Gasteiger charge is -2.18. The van der Waals surface area contributed by atoms with E-state index in [0.717, 1.165) is 18.2 Å². The highest BCUT2D eigenvalue weighted by Crippen LogP contribution is 2.30. The Hall–Kier alpha value is -1.01. The minimum Gasteiger partial charge on any atom is -0.371 e. The predicted molar refractivity (Wildman–Crippen MR) is 43.3 cm³/mol. The van der Waals surface area contributed by atoms with Crippen LogP contribution in [0.5, 0.6) is 0 Å².